The normalized spacial score (nSPS) is 16.8. The summed E-state index contributed by atoms with van der Waals surface area (Å²) in [5.41, 5.74) is 1.79. The first-order valence-electron chi connectivity index (χ1n) is 10.5. The molecule has 0 amide bonds. The van der Waals surface area contributed by atoms with E-state index in [0.29, 0.717) is 18.2 Å². The number of anilines is 1. The van der Waals surface area contributed by atoms with E-state index in [9.17, 15) is 8.42 Å². The summed E-state index contributed by atoms with van der Waals surface area (Å²) in [5.74, 6) is 0. The largest absolute Gasteiger partial charge is 0.361 e. The van der Waals surface area contributed by atoms with Gasteiger partial charge in [-0.1, -0.05) is 39.2 Å². The standard InChI is InChI=1S/C21H36N4O2S2/c1-6-25(7-2)29(26,27)18-12-11-17(3)19(15-18)23-20(28)22-16-21(24(4)5)13-9-8-10-14-21/h11-12,15H,6-10,13-14,16H2,1-5H3,(H2,22,23,28). The Morgan fingerprint density at radius 3 is 2.31 bits per heavy atom. The van der Waals surface area contributed by atoms with E-state index < -0.39 is 10.0 Å². The zero-order valence-corrected chi connectivity index (χ0v) is 20.0. The highest BCUT2D eigenvalue weighted by atomic mass is 32.2. The van der Waals surface area contributed by atoms with E-state index >= 15 is 0 Å². The van der Waals surface area contributed by atoms with Gasteiger partial charge in [-0.15, -0.1) is 0 Å². The van der Waals surface area contributed by atoms with Gasteiger partial charge in [0.1, 0.15) is 0 Å². The van der Waals surface area contributed by atoms with Crippen LogP contribution in [0.1, 0.15) is 51.5 Å². The van der Waals surface area contributed by atoms with E-state index in [0.717, 1.165) is 30.6 Å². The Morgan fingerprint density at radius 2 is 1.76 bits per heavy atom. The molecule has 0 spiro atoms. The van der Waals surface area contributed by atoms with Crippen LogP contribution >= 0.6 is 12.2 Å². The van der Waals surface area contributed by atoms with Crippen LogP contribution in [0.5, 0.6) is 0 Å². The van der Waals surface area contributed by atoms with Crippen LogP contribution < -0.4 is 10.6 Å². The molecule has 1 aliphatic rings. The number of aryl methyl sites for hydroxylation is 1. The van der Waals surface area contributed by atoms with Crippen molar-refractivity contribution < 1.29 is 8.42 Å². The number of sulfonamides is 1. The zero-order valence-electron chi connectivity index (χ0n) is 18.4. The Morgan fingerprint density at radius 1 is 1.14 bits per heavy atom. The molecular weight excluding hydrogens is 404 g/mol. The lowest BCUT2D eigenvalue weighted by Gasteiger charge is -2.43. The fourth-order valence-electron chi connectivity index (χ4n) is 4.01. The quantitative estimate of drug-likeness (QED) is 0.603. The van der Waals surface area contributed by atoms with Gasteiger partial charge in [0, 0.05) is 30.9 Å². The number of nitrogens with one attached hydrogen (secondary N) is 2. The molecule has 0 aliphatic heterocycles. The van der Waals surface area contributed by atoms with Crippen LogP contribution in [0.25, 0.3) is 0 Å². The Bertz CT molecular complexity index is 799. The molecule has 0 atom stereocenters. The third-order valence-corrected chi connectivity index (χ3v) is 8.40. The molecule has 1 aromatic rings. The Kier molecular flexibility index (Phi) is 8.46. The molecule has 0 unspecified atom stereocenters. The van der Waals surface area contributed by atoms with E-state index in [4.69, 9.17) is 12.2 Å². The summed E-state index contributed by atoms with van der Waals surface area (Å²) in [4.78, 5) is 2.60. The van der Waals surface area contributed by atoms with Crippen molar-refractivity contribution in [2.24, 2.45) is 0 Å². The van der Waals surface area contributed by atoms with E-state index in [1.165, 1.54) is 23.6 Å². The summed E-state index contributed by atoms with van der Waals surface area (Å²) in [7, 11) is 0.764. The predicted octanol–water partition coefficient (Wildman–Crippen LogP) is 3.58. The lowest BCUT2D eigenvalue weighted by atomic mass is 9.80. The molecule has 1 saturated carbocycles. The predicted molar refractivity (Wildman–Crippen MR) is 125 cm³/mol. The first kappa shape index (κ1) is 24.1. The van der Waals surface area contributed by atoms with Crippen molar-refractivity contribution in [2.45, 2.75) is 63.3 Å². The molecule has 6 nitrogen and oxygen atoms in total. The van der Waals surface area contributed by atoms with Crippen LogP contribution in [-0.4, -0.2) is 62.0 Å². The maximum absolute atomic E-state index is 12.8. The number of hydrogen-bond donors (Lipinski definition) is 2. The summed E-state index contributed by atoms with van der Waals surface area (Å²) in [6, 6.07) is 5.16. The van der Waals surface area contributed by atoms with E-state index in [2.05, 4.69) is 29.6 Å². The van der Waals surface area contributed by atoms with Crippen LogP contribution in [0.15, 0.2) is 23.1 Å². The van der Waals surface area contributed by atoms with Crippen molar-refractivity contribution in [1.82, 2.24) is 14.5 Å². The molecule has 29 heavy (non-hydrogen) atoms. The third kappa shape index (κ3) is 5.69. The lowest BCUT2D eigenvalue weighted by Crippen LogP contribution is -2.54. The molecule has 0 aromatic heterocycles. The fourth-order valence-corrected chi connectivity index (χ4v) is 5.68. The molecule has 1 fully saturated rings. The van der Waals surface area contributed by atoms with Crippen molar-refractivity contribution >= 4 is 33.0 Å². The smallest absolute Gasteiger partial charge is 0.243 e. The van der Waals surface area contributed by atoms with Crippen LogP contribution in [0.2, 0.25) is 0 Å². The van der Waals surface area contributed by atoms with Crippen molar-refractivity contribution in [3.8, 4) is 0 Å². The summed E-state index contributed by atoms with van der Waals surface area (Å²) >= 11 is 5.53. The average molecular weight is 441 g/mol. The summed E-state index contributed by atoms with van der Waals surface area (Å²) < 4.78 is 27.1. The first-order valence-corrected chi connectivity index (χ1v) is 12.3. The van der Waals surface area contributed by atoms with Crippen LogP contribution in [-0.2, 0) is 10.0 Å². The van der Waals surface area contributed by atoms with Crippen molar-refractivity contribution in [3.05, 3.63) is 23.8 Å². The molecule has 0 heterocycles. The third-order valence-electron chi connectivity index (χ3n) is 6.11. The van der Waals surface area contributed by atoms with Crippen LogP contribution in [0, 0.1) is 6.92 Å². The van der Waals surface area contributed by atoms with Gasteiger partial charge >= 0.3 is 0 Å². The highest BCUT2D eigenvalue weighted by molar-refractivity contribution is 7.89. The van der Waals surface area contributed by atoms with Gasteiger partial charge in [0.05, 0.1) is 4.90 Å². The summed E-state index contributed by atoms with van der Waals surface area (Å²) in [6.07, 6.45) is 6.10. The van der Waals surface area contributed by atoms with E-state index in [1.807, 2.05) is 26.8 Å². The number of thiocarbonyl (C=S) groups is 1. The van der Waals surface area contributed by atoms with Gasteiger partial charge in [0.15, 0.2) is 5.11 Å². The second kappa shape index (κ2) is 10.2. The highest BCUT2D eigenvalue weighted by Crippen LogP contribution is 2.31. The number of nitrogens with zero attached hydrogens (tertiary/aromatic N) is 2. The summed E-state index contributed by atoms with van der Waals surface area (Å²) in [5, 5.41) is 7.11. The zero-order chi connectivity index (χ0) is 21.7. The maximum atomic E-state index is 12.8. The second-order valence-corrected chi connectivity index (χ2v) is 10.4. The van der Waals surface area contributed by atoms with Gasteiger partial charge in [-0.3, -0.25) is 0 Å². The minimum absolute atomic E-state index is 0.118. The SMILES string of the molecule is CCN(CC)S(=O)(=O)c1ccc(C)c(NC(=S)NCC2(N(C)C)CCCCC2)c1. The van der Waals surface area contributed by atoms with Gasteiger partial charge in [-0.2, -0.15) is 4.31 Å². The van der Waals surface area contributed by atoms with E-state index in [1.54, 1.807) is 12.1 Å². The van der Waals surface area contributed by atoms with Crippen molar-refractivity contribution in [1.29, 1.82) is 0 Å². The molecule has 164 valence electrons. The monoisotopic (exact) mass is 440 g/mol. The fraction of sp³-hybridized carbons (Fsp3) is 0.667. The lowest BCUT2D eigenvalue weighted by molar-refractivity contribution is 0.104. The molecular formula is C21H36N4O2S2. The van der Waals surface area contributed by atoms with Crippen LogP contribution in [0.3, 0.4) is 0 Å². The molecule has 0 bridgehead atoms. The number of rotatable bonds is 8. The second-order valence-electron chi connectivity index (χ2n) is 8.05. The van der Waals surface area contributed by atoms with Gasteiger partial charge in [-0.05, 0) is 63.8 Å². The maximum Gasteiger partial charge on any atom is 0.243 e. The number of likely N-dealkylation sites (N-methyl/N-ethyl adjacent to an activating group) is 1. The first-order chi connectivity index (χ1) is 13.7. The molecule has 0 saturated heterocycles. The Balaban J connectivity index is 2.12. The van der Waals surface area contributed by atoms with Crippen LogP contribution in [0.4, 0.5) is 5.69 Å². The molecule has 1 aromatic carbocycles. The minimum atomic E-state index is -3.50. The number of benzene rings is 1. The van der Waals surface area contributed by atoms with E-state index in [-0.39, 0.29) is 10.4 Å². The van der Waals surface area contributed by atoms with Crippen molar-refractivity contribution in [3.63, 3.8) is 0 Å². The summed E-state index contributed by atoms with van der Waals surface area (Å²) in [6.45, 7) is 7.31. The topological polar surface area (TPSA) is 64.7 Å². The molecule has 8 heteroatoms. The van der Waals surface area contributed by atoms with Gasteiger partial charge in [-0.25, -0.2) is 8.42 Å². The molecule has 0 radical (unpaired) electrons. The minimum Gasteiger partial charge on any atom is -0.361 e. The van der Waals surface area contributed by atoms with Gasteiger partial charge in [0.25, 0.3) is 0 Å². The number of hydrogen-bond acceptors (Lipinski definition) is 4. The van der Waals surface area contributed by atoms with Crippen molar-refractivity contribution in [2.75, 3.05) is 39.0 Å². The van der Waals surface area contributed by atoms with Gasteiger partial charge in [0.2, 0.25) is 10.0 Å². The highest BCUT2D eigenvalue weighted by Gasteiger charge is 2.34. The molecule has 2 N–H and O–H groups in total. The molecule has 1 aliphatic carbocycles. The van der Waals surface area contributed by atoms with Gasteiger partial charge < -0.3 is 15.5 Å². The Hall–Kier alpha value is -1.22. The molecule has 2 rings (SSSR count). The average Bonchev–Trinajstić information content (AvgIpc) is 2.69. The Labute approximate surface area is 182 Å².